The highest BCUT2D eigenvalue weighted by Gasteiger charge is 2.48. The number of carbonyl (C=O) groups is 2. The van der Waals surface area contributed by atoms with Gasteiger partial charge in [0.05, 0.1) is 30.1 Å². The van der Waals surface area contributed by atoms with Crippen molar-refractivity contribution in [1.29, 1.82) is 0 Å². The third-order valence-electron chi connectivity index (χ3n) is 2.83. The van der Waals surface area contributed by atoms with Gasteiger partial charge in [-0.05, 0) is 13.8 Å². The van der Waals surface area contributed by atoms with Crippen LogP contribution in [0.5, 0.6) is 0 Å². The van der Waals surface area contributed by atoms with E-state index in [4.69, 9.17) is 21.1 Å². The van der Waals surface area contributed by atoms with Crippen LogP contribution in [0.15, 0.2) is 0 Å². The first-order chi connectivity index (χ1) is 8.82. The summed E-state index contributed by atoms with van der Waals surface area (Å²) >= 11 is 5.95. The predicted octanol–water partition coefficient (Wildman–Crippen LogP) is 0.381. The number of carbonyl (C=O) groups excluding carboxylic acids is 2. The second kappa shape index (κ2) is 6.56. The lowest BCUT2D eigenvalue weighted by Gasteiger charge is -2.21. The van der Waals surface area contributed by atoms with Crippen molar-refractivity contribution in [3.8, 4) is 0 Å². The molecule has 2 atom stereocenters. The Bertz CT molecular complexity index is 428. The van der Waals surface area contributed by atoms with E-state index in [0.29, 0.717) is 0 Å². The zero-order valence-electron chi connectivity index (χ0n) is 10.8. The van der Waals surface area contributed by atoms with Gasteiger partial charge in [-0.1, -0.05) is 0 Å². The van der Waals surface area contributed by atoms with Gasteiger partial charge in [0.15, 0.2) is 15.8 Å². The molecule has 0 aliphatic carbocycles. The summed E-state index contributed by atoms with van der Waals surface area (Å²) in [6.07, 6.45) is 0. The van der Waals surface area contributed by atoms with Crippen molar-refractivity contribution in [3.05, 3.63) is 0 Å². The van der Waals surface area contributed by atoms with Crippen molar-refractivity contribution in [3.63, 3.8) is 0 Å². The van der Waals surface area contributed by atoms with E-state index in [-0.39, 0.29) is 24.7 Å². The van der Waals surface area contributed by atoms with E-state index in [2.05, 4.69) is 0 Å². The average Bonchev–Trinajstić information content (AvgIpc) is 2.53. The number of hydrogen-bond donors (Lipinski definition) is 0. The largest absolute Gasteiger partial charge is 0.465 e. The predicted molar refractivity (Wildman–Crippen MR) is 68.5 cm³/mol. The van der Waals surface area contributed by atoms with E-state index >= 15 is 0 Å². The monoisotopic (exact) mass is 312 g/mol. The van der Waals surface area contributed by atoms with Gasteiger partial charge in [0, 0.05) is 5.92 Å². The first-order valence-corrected chi connectivity index (χ1v) is 8.26. The molecule has 6 nitrogen and oxygen atoms in total. The summed E-state index contributed by atoms with van der Waals surface area (Å²) < 4.78 is 32.7. The maximum Gasteiger partial charge on any atom is 0.320 e. The summed E-state index contributed by atoms with van der Waals surface area (Å²) in [5, 5.41) is -0.788. The van der Waals surface area contributed by atoms with Gasteiger partial charge in [0.2, 0.25) is 0 Å². The standard InChI is InChI=1S/C11H17ClO6S/c1-3-17-10(13)9(11(14)18-4-2)7-5-19(15,16)6-8(7)12/h7-9H,3-6H2,1-2H3/t7-,8-/m1/s1. The summed E-state index contributed by atoms with van der Waals surface area (Å²) in [5.41, 5.74) is 0. The molecule has 0 amide bonds. The van der Waals surface area contributed by atoms with Crippen LogP contribution in [-0.2, 0) is 28.9 Å². The molecule has 0 bridgehead atoms. The van der Waals surface area contributed by atoms with Crippen LogP contribution in [0, 0.1) is 11.8 Å². The fourth-order valence-corrected chi connectivity index (χ4v) is 4.84. The van der Waals surface area contributed by atoms with Gasteiger partial charge in [-0.2, -0.15) is 0 Å². The molecule has 1 heterocycles. The Labute approximate surface area is 117 Å². The van der Waals surface area contributed by atoms with Crippen LogP contribution >= 0.6 is 11.6 Å². The maximum absolute atomic E-state index is 11.8. The van der Waals surface area contributed by atoms with Crippen LogP contribution in [0.4, 0.5) is 0 Å². The molecule has 8 heteroatoms. The minimum absolute atomic E-state index is 0.0984. The minimum Gasteiger partial charge on any atom is -0.465 e. The summed E-state index contributed by atoms with van der Waals surface area (Å²) in [4.78, 5) is 23.7. The Balaban J connectivity index is 2.97. The van der Waals surface area contributed by atoms with Crippen molar-refractivity contribution in [2.24, 2.45) is 11.8 Å². The Hall–Kier alpha value is -0.820. The Kier molecular flexibility index (Phi) is 5.61. The number of ether oxygens (including phenoxy) is 2. The van der Waals surface area contributed by atoms with Crippen molar-refractivity contribution in [2.75, 3.05) is 24.7 Å². The van der Waals surface area contributed by atoms with E-state index < -0.39 is 39.0 Å². The summed E-state index contributed by atoms with van der Waals surface area (Å²) in [7, 11) is -3.33. The van der Waals surface area contributed by atoms with Gasteiger partial charge < -0.3 is 9.47 Å². The van der Waals surface area contributed by atoms with E-state index in [0.717, 1.165) is 0 Å². The van der Waals surface area contributed by atoms with Crippen LogP contribution in [0.3, 0.4) is 0 Å². The molecular formula is C11H17ClO6S. The quantitative estimate of drug-likeness (QED) is 0.414. The highest BCUT2D eigenvalue weighted by molar-refractivity contribution is 7.91. The van der Waals surface area contributed by atoms with Gasteiger partial charge in [-0.15, -0.1) is 11.6 Å². The topological polar surface area (TPSA) is 86.7 Å². The summed E-state index contributed by atoms with van der Waals surface area (Å²) in [6, 6.07) is 0. The molecule has 1 aliphatic rings. The molecule has 110 valence electrons. The Morgan fingerprint density at radius 3 is 1.95 bits per heavy atom. The average molecular weight is 313 g/mol. The maximum atomic E-state index is 11.8. The second-order valence-corrected chi connectivity index (χ2v) is 6.95. The van der Waals surface area contributed by atoms with Crippen molar-refractivity contribution >= 4 is 33.4 Å². The number of esters is 2. The molecule has 1 aliphatic heterocycles. The van der Waals surface area contributed by atoms with Gasteiger partial charge >= 0.3 is 11.9 Å². The van der Waals surface area contributed by atoms with Crippen molar-refractivity contribution in [2.45, 2.75) is 19.2 Å². The van der Waals surface area contributed by atoms with Crippen LogP contribution in [-0.4, -0.2) is 50.5 Å². The lowest BCUT2D eigenvalue weighted by Crippen LogP contribution is -2.38. The number of rotatable bonds is 5. The smallest absolute Gasteiger partial charge is 0.320 e. The summed E-state index contributed by atoms with van der Waals surface area (Å²) in [6.45, 7) is 3.40. The number of halogens is 1. The van der Waals surface area contributed by atoms with Crippen LogP contribution in [0.1, 0.15) is 13.8 Å². The third-order valence-corrected chi connectivity index (χ3v) is 5.25. The zero-order chi connectivity index (χ0) is 14.6. The van der Waals surface area contributed by atoms with Crippen LogP contribution in [0.25, 0.3) is 0 Å². The van der Waals surface area contributed by atoms with Crippen LogP contribution < -0.4 is 0 Å². The highest BCUT2D eigenvalue weighted by Crippen LogP contribution is 2.32. The SMILES string of the molecule is CCOC(=O)C(C(=O)OCC)[C@@H]1CS(=O)(=O)C[C@H]1Cl. The molecule has 0 aromatic rings. The van der Waals surface area contributed by atoms with E-state index in [1.165, 1.54) is 0 Å². The fraction of sp³-hybridized carbons (Fsp3) is 0.818. The highest BCUT2D eigenvalue weighted by atomic mass is 35.5. The molecule has 0 radical (unpaired) electrons. The van der Waals surface area contributed by atoms with Gasteiger partial charge in [0.1, 0.15) is 0 Å². The van der Waals surface area contributed by atoms with Crippen molar-refractivity contribution in [1.82, 2.24) is 0 Å². The van der Waals surface area contributed by atoms with Gasteiger partial charge in [-0.3, -0.25) is 9.59 Å². The zero-order valence-corrected chi connectivity index (χ0v) is 12.4. The third kappa shape index (κ3) is 4.07. The van der Waals surface area contributed by atoms with Crippen molar-refractivity contribution < 1.29 is 27.5 Å². The molecule has 19 heavy (non-hydrogen) atoms. The first-order valence-electron chi connectivity index (χ1n) is 6.00. The molecule has 1 rings (SSSR count). The van der Waals surface area contributed by atoms with E-state index in [1.54, 1.807) is 13.8 Å². The van der Waals surface area contributed by atoms with Gasteiger partial charge in [0.25, 0.3) is 0 Å². The van der Waals surface area contributed by atoms with E-state index in [1.807, 2.05) is 0 Å². The second-order valence-electron chi connectivity index (χ2n) is 4.24. The summed E-state index contributed by atoms with van der Waals surface area (Å²) in [5.74, 6) is -4.19. The first kappa shape index (κ1) is 16.2. The molecule has 1 fully saturated rings. The normalized spacial score (nSPS) is 25.3. The Morgan fingerprint density at radius 2 is 1.63 bits per heavy atom. The molecule has 0 aromatic heterocycles. The number of sulfone groups is 1. The molecule has 1 saturated heterocycles. The van der Waals surface area contributed by atoms with Crippen LogP contribution in [0.2, 0.25) is 0 Å². The Morgan fingerprint density at radius 1 is 1.16 bits per heavy atom. The molecule has 0 saturated carbocycles. The lowest BCUT2D eigenvalue weighted by atomic mass is 9.91. The minimum atomic E-state index is -3.33. The lowest BCUT2D eigenvalue weighted by molar-refractivity contribution is -0.163. The van der Waals surface area contributed by atoms with E-state index in [9.17, 15) is 18.0 Å². The van der Waals surface area contributed by atoms with Gasteiger partial charge in [-0.25, -0.2) is 8.42 Å². The molecule has 0 N–H and O–H groups in total. The molecule has 0 unspecified atom stereocenters. The molecule has 0 aromatic carbocycles. The fourth-order valence-electron chi connectivity index (χ4n) is 2.05. The molecular weight excluding hydrogens is 296 g/mol. The number of alkyl halides is 1. The number of hydrogen-bond acceptors (Lipinski definition) is 6. The molecule has 0 spiro atoms.